The lowest BCUT2D eigenvalue weighted by molar-refractivity contribution is -0.172. The molecule has 5 nitrogen and oxygen atoms in total. The van der Waals surface area contributed by atoms with Gasteiger partial charge in [-0.25, -0.2) is 4.79 Å². The van der Waals surface area contributed by atoms with Crippen LogP contribution >= 0.6 is 0 Å². The van der Waals surface area contributed by atoms with Crippen molar-refractivity contribution in [2.24, 2.45) is 0 Å². The summed E-state index contributed by atoms with van der Waals surface area (Å²) in [5.74, 6) is 0. The van der Waals surface area contributed by atoms with Crippen LogP contribution in [0.3, 0.4) is 0 Å². The largest absolute Gasteiger partial charge is 0.444 e. The number of nitrogens with zero attached hydrogens (tertiary/aromatic N) is 2. The van der Waals surface area contributed by atoms with E-state index >= 15 is 0 Å². The molecule has 0 aromatic carbocycles. The van der Waals surface area contributed by atoms with Gasteiger partial charge in [-0.2, -0.15) is 5.06 Å². The molecule has 1 fully saturated rings. The highest BCUT2D eigenvalue weighted by molar-refractivity contribution is 5.69. The van der Waals surface area contributed by atoms with Gasteiger partial charge in [0.05, 0.1) is 7.11 Å². The minimum absolute atomic E-state index is 0.0912. The highest BCUT2D eigenvalue weighted by Crippen LogP contribution is 2.19. The average Bonchev–Trinajstić information content (AvgIpc) is 2.13. The molecule has 0 aliphatic carbocycles. The molecule has 0 radical (unpaired) electrons. The van der Waals surface area contributed by atoms with Crippen molar-refractivity contribution in [1.29, 1.82) is 0 Å². The smallest absolute Gasteiger partial charge is 0.410 e. The zero-order valence-corrected chi connectivity index (χ0v) is 11.7. The van der Waals surface area contributed by atoms with E-state index in [1.54, 1.807) is 12.0 Å². The van der Waals surface area contributed by atoms with Crippen LogP contribution in [0.2, 0.25) is 0 Å². The van der Waals surface area contributed by atoms with Gasteiger partial charge in [-0.15, -0.1) is 0 Å². The summed E-state index contributed by atoms with van der Waals surface area (Å²) in [5, 5.41) is 1.87. The van der Waals surface area contributed by atoms with Crippen LogP contribution in [0.5, 0.6) is 0 Å². The number of ether oxygens (including phenoxy) is 1. The van der Waals surface area contributed by atoms with E-state index in [2.05, 4.69) is 0 Å². The SMILES string of the molecule is CON1C[C@@H](C)N(C(=O)OC(C)(C)C)[C@@H](C)C1. The molecular formula is C12H24N2O3. The Hall–Kier alpha value is -0.810. The standard InChI is InChI=1S/C12H24N2O3/c1-9-7-13(16-6)8-10(2)14(9)11(15)17-12(3,4)5/h9-10H,7-8H2,1-6H3/t9-,10+. The van der Waals surface area contributed by atoms with Crippen LogP contribution in [0.25, 0.3) is 0 Å². The molecule has 17 heavy (non-hydrogen) atoms. The Morgan fingerprint density at radius 2 is 1.65 bits per heavy atom. The van der Waals surface area contributed by atoms with E-state index in [9.17, 15) is 4.79 Å². The van der Waals surface area contributed by atoms with Crippen molar-refractivity contribution >= 4 is 6.09 Å². The van der Waals surface area contributed by atoms with Gasteiger partial charge in [0, 0.05) is 25.2 Å². The Kier molecular flexibility index (Phi) is 4.38. The van der Waals surface area contributed by atoms with E-state index in [-0.39, 0.29) is 18.2 Å². The number of hydrogen-bond donors (Lipinski definition) is 0. The first-order chi connectivity index (χ1) is 7.74. The van der Waals surface area contributed by atoms with Gasteiger partial charge in [-0.05, 0) is 34.6 Å². The predicted octanol–water partition coefficient (Wildman–Crippen LogP) is 1.88. The quantitative estimate of drug-likeness (QED) is 0.706. The highest BCUT2D eigenvalue weighted by Gasteiger charge is 2.35. The molecule has 0 spiro atoms. The van der Waals surface area contributed by atoms with Gasteiger partial charge in [0.15, 0.2) is 0 Å². The molecule has 100 valence electrons. The third-order valence-corrected chi connectivity index (χ3v) is 2.75. The maximum Gasteiger partial charge on any atom is 0.410 e. The van der Waals surface area contributed by atoms with Crippen LogP contribution < -0.4 is 0 Å². The van der Waals surface area contributed by atoms with E-state index in [4.69, 9.17) is 9.57 Å². The van der Waals surface area contributed by atoms with Crippen molar-refractivity contribution in [3.05, 3.63) is 0 Å². The molecule has 0 N–H and O–H groups in total. The Morgan fingerprint density at radius 1 is 1.18 bits per heavy atom. The third kappa shape index (κ3) is 3.85. The summed E-state index contributed by atoms with van der Waals surface area (Å²) in [6.07, 6.45) is -0.242. The number of amides is 1. The first kappa shape index (κ1) is 14.3. The molecule has 1 saturated heterocycles. The van der Waals surface area contributed by atoms with Crippen LogP contribution in [-0.4, -0.2) is 53.9 Å². The van der Waals surface area contributed by atoms with Gasteiger partial charge in [-0.3, -0.25) is 0 Å². The first-order valence-corrected chi connectivity index (χ1v) is 6.05. The van der Waals surface area contributed by atoms with Gasteiger partial charge < -0.3 is 14.5 Å². The Bertz CT molecular complexity index is 263. The average molecular weight is 244 g/mol. The zero-order chi connectivity index (χ0) is 13.2. The van der Waals surface area contributed by atoms with Crippen LogP contribution in [0.4, 0.5) is 4.79 Å². The summed E-state index contributed by atoms with van der Waals surface area (Å²) in [6.45, 7) is 11.1. The summed E-state index contributed by atoms with van der Waals surface area (Å²) in [7, 11) is 1.66. The van der Waals surface area contributed by atoms with Crippen molar-refractivity contribution in [3.8, 4) is 0 Å². The summed E-state index contributed by atoms with van der Waals surface area (Å²) >= 11 is 0. The van der Waals surface area contributed by atoms with Crippen molar-refractivity contribution in [3.63, 3.8) is 0 Å². The second kappa shape index (κ2) is 5.23. The fraction of sp³-hybridized carbons (Fsp3) is 0.917. The van der Waals surface area contributed by atoms with Crippen molar-refractivity contribution in [2.45, 2.75) is 52.3 Å². The van der Waals surface area contributed by atoms with E-state index < -0.39 is 5.60 Å². The van der Waals surface area contributed by atoms with Crippen LogP contribution in [-0.2, 0) is 9.57 Å². The highest BCUT2D eigenvalue weighted by atomic mass is 16.7. The van der Waals surface area contributed by atoms with E-state index in [1.165, 1.54) is 0 Å². The van der Waals surface area contributed by atoms with Gasteiger partial charge in [0.25, 0.3) is 0 Å². The summed E-state index contributed by atoms with van der Waals surface area (Å²) in [6, 6.07) is 0.182. The Balaban J connectivity index is 2.67. The number of hydrogen-bond acceptors (Lipinski definition) is 4. The van der Waals surface area contributed by atoms with Crippen LogP contribution in [0.15, 0.2) is 0 Å². The molecule has 2 atom stereocenters. The number of rotatable bonds is 1. The molecule has 1 amide bonds. The minimum Gasteiger partial charge on any atom is -0.444 e. The van der Waals surface area contributed by atoms with Crippen molar-refractivity contribution in [1.82, 2.24) is 9.96 Å². The van der Waals surface area contributed by atoms with E-state index in [0.29, 0.717) is 13.1 Å². The molecule has 0 saturated carbocycles. The van der Waals surface area contributed by atoms with E-state index in [1.807, 2.05) is 39.7 Å². The van der Waals surface area contributed by atoms with Gasteiger partial charge >= 0.3 is 6.09 Å². The predicted molar refractivity (Wildman–Crippen MR) is 65.6 cm³/mol. The molecule has 5 heteroatoms. The fourth-order valence-electron chi connectivity index (χ4n) is 2.10. The fourth-order valence-corrected chi connectivity index (χ4v) is 2.10. The number of hydroxylamine groups is 2. The Morgan fingerprint density at radius 3 is 2.00 bits per heavy atom. The number of piperazine rings is 1. The summed E-state index contributed by atoms with van der Waals surface area (Å²) in [4.78, 5) is 19.1. The van der Waals surface area contributed by atoms with Crippen molar-refractivity contribution < 1.29 is 14.4 Å². The molecule has 1 heterocycles. The minimum atomic E-state index is -0.449. The molecule has 1 rings (SSSR count). The molecular weight excluding hydrogens is 220 g/mol. The Labute approximate surface area is 104 Å². The maximum atomic E-state index is 12.1. The lowest BCUT2D eigenvalue weighted by atomic mass is 10.1. The molecule has 1 aliphatic heterocycles. The first-order valence-electron chi connectivity index (χ1n) is 6.05. The van der Waals surface area contributed by atoms with Crippen molar-refractivity contribution in [2.75, 3.05) is 20.2 Å². The molecule has 1 aliphatic rings. The second-order valence-electron chi connectivity index (χ2n) is 5.62. The topological polar surface area (TPSA) is 42.0 Å². The zero-order valence-electron chi connectivity index (χ0n) is 11.7. The van der Waals surface area contributed by atoms with Crippen LogP contribution in [0, 0.1) is 0 Å². The molecule has 0 aromatic rings. The molecule has 0 bridgehead atoms. The van der Waals surface area contributed by atoms with Gasteiger partial charge in [-0.1, -0.05) is 0 Å². The maximum absolute atomic E-state index is 12.1. The summed E-state index contributed by atoms with van der Waals surface area (Å²) < 4.78 is 5.41. The van der Waals surface area contributed by atoms with Gasteiger partial charge in [0.2, 0.25) is 0 Å². The number of carbonyl (C=O) groups excluding carboxylic acids is 1. The summed E-state index contributed by atoms with van der Waals surface area (Å²) in [5.41, 5.74) is -0.449. The lowest BCUT2D eigenvalue weighted by Crippen LogP contribution is -2.59. The van der Waals surface area contributed by atoms with Crippen LogP contribution in [0.1, 0.15) is 34.6 Å². The lowest BCUT2D eigenvalue weighted by Gasteiger charge is -2.43. The monoisotopic (exact) mass is 244 g/mol. The molecule has 0 aromatic heterocycles. The second-order valence-corrected chi connectivity index (χ2v) is 5.62. The third-order valence-electron chi connectivity index (χ3n) is 2.75. The number of carbonyl (C=O) groups is 1. The van der Waals surface area contributed by atoms with Gasteiger partial charge in [0.1, 0.15) is 5.60 Å². The van der Waals surface area contributed by atoms with E-state index in [0.717, 1.165) is 0 Å². The normalized spacial score (nSPS) is 27.1. The molecule has 0 unspecified atom stereocenters.